The summed E-state index contributed by atoms with van der Waals surface area (Å²) < 4.78 is 13.2. The highest BCUT2D eigenvalue weighted by atomic mass is 79.9. The van der Waals surface area contributed by atoms with Crippen molar-refractivity contribution in [3.8, 4) is 0 Å². The summed E-state index contributed by atoms with van der Waals surface area (Å²) in [5, 5.41) is 0.237. The molecule has 0 radical (unpaired) electrons. The lowest BCUT2D eigenvalue weighted by atomic mass is 10.1. The molecule has 0 saturated heterocycles. The van der Waals surface area contributed by atoms with Crippen LogP contribution < -0.4 is 5.73 Å². The minimum absolute atomic E-state index is 0.0653. The normalized spacial score (nSPS) is 10.0. The second kappa shape index (κ2) is 4.37. The molecule has 1 aromatic carbocycles. The molecule has 0 heterocycles. The second-order valence-corrected chi connectivity index (χ2v) is 3.23. The van der Waals surface area contributed by atoms with Gasteiger partial charge < -0.3 is 5.73 Å². The standard InChI is InChI=1S/C9H9BrFNO/c10-5-7(13)4-6-2-1-3-8(12)9(6)11/h1-3H,4-5,12H2. The second-order valence-electron chi connectivity index (χ2n) is 2.67. The van der Waals surface area contributed by atoms with E-state index in [0.29, 0.717) is 5.56 Å². The average molecular weight is 246 g/mol. The molecular weight excluding hydrogens is 237 g/mol. The van der Waals surface area contributed by atoms with Crippen molar-refractivity contribution >= 4 is 27.4 Å². The maximum atomic E-state index is 13.2. The smallest absolute Gasteiger partial charge is 0.149 e. The van der Waals surface area contributed by atoms with Crippen LogP contribution in [0.4, 0.5) is 10.1 Å². The fourth-order valence-electron chi connectivity index (χ4n) is 0.996. The third-order valence-corrected chi connectivity index (χ3v) is 2.27. The number of alkyl halides is 1. The molecule has 1 rings (SSSR count). The summed E-state index contributed by atoms with van der Waals surface area (Å²) >= 11 is 3.01. The van der Waals surface area contributed by atoms with Gasteiger partial charge in [0.15, 0.2) is 0 Å². The molecule has 2 N–H and O–H groups in total. The van der Waals surface area contributed by atoms with Gasteiger partial charge in [-0.05, 0) is 11.6 Å². The number of rotatable bonds is 3. The third kappa shape index (κ3) is 2.52. The molecule has 0 unspecified atom stereocenters. The van der Waals surface area contributed by atoms with Gasteiger partial charge >= 0.3 is 0 Å². The summed E-state index contributed by atoms with van der Waals surface area (Å²) in [5.41, 5.74) is 5.77. The van der Waals surface area contributed by atoms with Gasteiger partial charge in [-0.3, -0.25) is 4.79 Å². The van der Waals surface area contributed by atoms with Crippen molar-refractivity contribution in [2.45, 2.75) is 6.42 Å². The number of anilines is 1. The van der Waals surface area contributed by atoms with Gasteiger partial charge in [-0.1, -0.05) is 28.1 Å². The van der Waals surface area contributed by atoms with E-state index < -0.39 is 5.82 Å². The number of halogens is 2. The Bertz CT molecular complexity index is 327. The molecule has 0 aliphatic rings. The highest BCUT2D eigenvalue weighted by Crippen LogP contribution is 2.15. The van der Waals surface area contributed by atoms with Crippen LogP contribution in [0.5, 0.6) is 0 Å². The van der Waals surface area contributed by atoms with Gasteiger partial charge in [0.05, 0.1) is 11.0 Å². The maximum Gasteiger partial charge on any atom is 0.149 e. The first-order valence-corrected chi connectivity index (χ1v) is 4.88. The quantitative estimate of drug-likeness (QED) is 0.654. The predicted molar refractivity (Wildman–Crippen MR) is 53.3 cm³/mol. The Labute approximate surface area is 84.1 Å². The van der Waals surface area contributed by atoms with Gasteiger partial charge in [-0.15, -0.1) is 0 Å². The zero-order chi connectivity index (χ0) is 9.84. The van der Waals surface area contributed by atoms with Crippen LogP contribution in [0.1, 0.15) is 5.56 Å². The lowest BCUT2D eigenvalue weighted by Gasteiger charge is -2.02. The third-order valence-electron chi connectivity index (χ3n) is 1.65. The van der Waals surface area contributed by atoms with E-state index in [2.05, 4.69) is 15.9 Å². The van der Waals surface area contributed by atoms with Gasteiger partial charge in [0, 0.05) is 6.42 Å². The molecule has 1 aromatic rings. The Hall–Kier alpha value is -0.900. The topological polar surface area (TPSA) is 43.1 Å². The largest absolute Gasteiger partial charge is 0.396 e. The van der Waals surface area contributed by atoms with Crippen molar-refractivity contribution < 1.29 is 9.18 Å². The number of Topliss-reactive ketones (excluding diaryl/α,β-unsaturated/α-hetero) is 1. The summed E-state index contributed by atoms with van der Waals surface area (Å²) in [4.78, 5) is 11.0. The molecule has 0 aromatic heterocycles. The number of nitrogens with two attached hydrogens (primary N) is 1. The zero-order valence-electron chi connectivity index (χ0n) is 6.89. The minimum atomic E-state index is -0.489. The van der Waals surface area contributed by atoms with Crippen molar-refractivity contribution in [1.82, 2.24) is 0 Å². The number of benzene rings is 1. The molecule has 0 bridgehead atoms. The Morgan fingerprint density at radius 2 is 2.23 bits per heavy atom. The van der Waals surface area contributed by atoms with E-state index in [0.717, 1.165) is 0 Å². The molecule has 2 nitrogen and oxygen atoms in total. The molecule has 0 atom stereocenters. The van der Waals surface area contributed by atoms with E-state index in [9.17, 15) is 9.18 Å². The molecule has 4 heteroatoms. The maximum absolute atomic E-state index is 13.2. The number of nitrogen functional groups attached to an aromatic ring is 1. The molecular formula is C9H9BrFNO. The SMILES string of the molecule is Nc1cccc(CC(=O)CBr)c1F. The van der Waals surface area contributed by atoms with Gasteiger partial charge in [0.25, 0.3) is 0 Å². The van der Waals surface area contributed by atoms with Crippen molar-refractivity contribution in [1.29, 1.82) is 0 Å². The highest BCUT2D eigenvalue weighted by Gasteiger charge is 2.08. The predicted octanol–water partition coefficient (Wildman–Crippen LogP) is 1.91. The van der Waals surface area contributed by atoms with E-state index in [1.54, 1.807) is 12.1 Å². The van der Waals surface area contributed by atoms with E-state index in [4.69, 9.17) is 5.73 Å². The van der Waals surface area contributed by atoms with Crippen molar-refractivity contribution in [2.75, 3.05) is 11.1 Å². The van der Waals surface area contributed by atoms with Crippen LogP contribution >= 0.6 is 15.9 Å². The average Bonchev–Trinajstić information content (AvgIpc) is 2.13. The van der Waals surface area contributed by atoms with Crippen molar-refractivity contribution in [3.63, 3.8) is 0 Å². The van der Waals surface area contributed by atoms with E-state index >= 15 is 0 Å². The van der Waals surface area contributed by atoms with Gasteiger partial charge in [0.2, 0.25) is 0 Å². The number of hydrogen-bond acceptors (Lipinski definition) is 2. The monoisotopic (exact) mass is 245 g/mol. The van der Waals surface area contributed by atoms with Crippen LogP contribution in [0.25, 0.3) is 0 Å². The minimum Gasteiger partial charge on any atom is -0.396 e. The number of hydrogen-bond donors (Lipinski definition) is 1. The first-order valence-electron chi connectivity index (χ1n) is 3.75. The molecule has 70 valence electrons. The van der Waals surface area contributed by atoms with Gasteiger partial charge in [-0.25, -0.2) is 4.39 Å². The molecule has 0 fully saturated rings. The number of carbonyl (C=O) groups is 1. The first-order chi connectivity index (χ1) is 6.15. The van der Waals surface area contributed by atoms with Gasteiger partial charge in [0.1, 0.15) is 11.6 Å². The summed E-state index contributed by atoms with van der Waals surface area (Å²) in [6, 6.07) is 4.67. The summed E-state index contributed by atoms with van der Waals surface area (Å²) in [6.07, 6.45) is 0.0854. The van der Waals surface area contributed by atoms with Crippen molar-refractivity contribution in [2.24, 2.45) is 0 Å². The molecule has 0 spiro atoms. The van der Waals surface area contributed by atoms with E-state index in [-0.39, 0.29) is 23.2 Å². The Morgan fingerprint density at radius 1 is 1.54 bits per heavy atom. The highest BCUT2D eigenvalue weighted by molar-refractivity contribution is 9.09. The first kappa shape index (κ1) is 10.2. The summed E-state index contributed by atoms with van der Waals surface area (Å²) in [7, 11) is 0. The molecule has 13 heavy (non-hydrogen) atoms. The Kier molecular flexibility index (Phi) is 3.42. The fraction of sp³-hybridized carbons (Fsp3) is 0.222. The molecule has 0 saturated carbocycles. The fourth-order valence-corrected chi connectivity index (χ4v) is 1.19. The van der Waals surface area contributed by atoms with Crippen LogP contribution in [0.2, 0.25) is 0 Å². The number of carbonyl (C=O) groups excluding carboxylic acids is 1. The van der Waals surface area contributed by atoms with Crippen LogP contribution in [0.15, 0.2) is 18.2 Å². The Morgan fingerprint density at radius 3 is 2.85 bits per heavy atom. The van der Waals surface area contributed by atoms with Crippen LogP contribution in [-0.4, -0.2) is 11.1 Å². The number of ketones is 1. The van der Waals surface area contributed by atoms with Gasteiger partial charge in [-0.2, -0.15) is 0 Å². The Balaban J connectivity index is 2.89. The lowest BCUT2D eigenvalue weighted by Crippen LogP contribution is -2.06. The molecule has 0 aliphatic heterocycles. The van der Waals surface area contributed by atoms with Crippen LogP contribution in [0, 0.1) is 5.82 Å². The zero-order valence-corrected chi connectivity index (χ0v) is 8.47. The van der Waals surface area contributed by atoms with Crippen LogP contribution in [-0.2, 0) is 11.2 Å². The summed E-state index contributed by atoms with van der Waals surface area (Å²) in [5.74, 6) is -0.554. The molecule has 0 aliphatic carbocycles. The van der Waals surface area contributed by atoms with Crippen molar-refractivity contribution in [3.05, 3.63) is 29.6 Å². The van der Waals surface area contributed by atoms with Crippen LogP contribution in [0.3, 0.4) is 0 Å². The van der Waals surface area contributed by atoms with E-state index in [1.165, 1.54) is 6.07 Å². The van der Waals surface area contributed by atoms with E-state index in [1.807, 2.05) is 0 Å². The molecule has 0 amide bonds. The lowest BCUT2D eigenvalue weighted by molar-refractivity contribution is -0.115. The summed E-state index contributed by atoms with van der Waals surface area (Å²) in [6.45, 7) is 0.